The summed E-state index contributed by atoms with van der Waals surface area (Å²) >= 11 is 0. The Hall–Kier alpha value is -1.09. The van der Waals surface area contributed by atoms with E-state index in [2.05, 4.69) is 13.0 Å². The van der Waals surface area contributed by atoms with Crippen LogP contribution in [0.4, 0.5) is 0 Å². The van der Waals surface area contributed by atoms with Crippen LogP contribution in [0.25, 0.3) is 0 Å². The van der Waals surface area contributed by atoms with Crippen molar-refractivity contribution >= 4 is 5.97 Å². The maximum atomic E-state index is 11.2. The molecule has 0 aromatic rings. The molecule has 0 aromatic carbocycles. The van der Waals surface area contributed by atoms with Gasteiger partial charge in [-0.15, -0.1) is 0 Å². The Morgan fingerprint density at radius 2 is 2.05 bits per heavy atom. The summed E-state index contributed by atoms with van der Waals surface area (Å²) in [5.74, 6) is 0.237. The molecule has 0 rings (SSSR count). The monoisotopic (exact) mass is 282 g/mol. The average Bonchev–Trinajstić information content (AvgIpc) is 2.36. The molecule has 20 heavy (non-hydrogen) atoms. The summed E-state index contributed by atoms with van der Waals surface area (Å²) in [6.07, 6.45) is 9.11. The molecule has 0 bridgehead atoms. The highest BCUT2D eigenvalue weighted by Crippen LogP contribution is 2.21. The van der Waals surface area contributed by atoms with Gasteiger partial charge in [0.2, 0.25) is 0 Å². The smallest absolute Gasteiger partial charge is 0.330 e. The Labute approximate surface area is 123 Å². The van der Waals surface area contributed by atoms with Gasteiger partial charge < -0.3 is 9.84 Å². The van der Waals surface area contributed by atoms with Crippen molar-refractivity contribution in [2.45, 2.75) is 65.9 Å². The number of rotatable bonds is 9. The van der Waals surface area contributed by atoms with E-state index in [0.29, 0.717) is 12.5 Å². The second-order valence-electron chi connectivity index (χ2n) is 5.77. The third kappa shape index (κ3) is 9.79. The second kappa shape index (κ2) is 9.76. The average molecular weight is 282 g/mol. The van der Waals surface area contributed by atoms with Gasteiger partial charge in [0.15, 0.2) is 0 Å². The van der Waals surface area contributed by atoms with Crippen LogP contribution in [0, 0.1) is 5.92 Å². The number of esters is 1. The standard InChI is InChI=1S/C17H30O3/c1-6-17(5,19)12-11-14(3)9-8-10-15(4)13-16(18)20-7-2/h8,10,13-14,19H,6-7,9,11-12H2,1-5H3/b10-8+,15-13+. The van der Waals surface area contributed by atoms with Crippen LogP contribution >= 0.6 is 0 Å². The molecule has 0 radical (unpaired) electrons. The van der Waals surface area contributed by atoms with Crippen molar-refractivity contribution < 1.29 is 14.6 Å². The Morgan fingerprint density at radius 1 is 1.40 bits per heavy atom. The third-order valence-electron chi connectivity index (χ3n) is 3.49. The van der Waals surface area contributed by atoms with Crippen molar-refractivity contribution in [3.8, 4) is 0 Å². The number of allylic oxidation sites excluding steroid dienone is 3. The number of hydrogen-bond acceptors (Lipinski definition) is 3. The molecular weight excluding hydrogens is 252 g/mol. The molecule has 2 unspecified atom stereocenters. The van der Waals surface area contributed by atoms with E-state index in [1.807, 2.05) is 26.8 Å². The molecule has 0 saturated carbocycles. The second-order valence-corrected chi connectivity index (χ2v) is 5.77. The lowest BCUT2D eigenvalue weighted by atomic mass is 9.91. The van der Waals surface area contributed by atoms with Gasteiger partial charge in [-0.2, -0.15) is 0 Å². The molecule has 116 valence electrons. The van der Waals surface area contributed by atoms with E-state index in [1.165, 1.54) is 6.08 Å². The minimum Gasteiger partial charge on any atom is -0.463 e. The van der Waals surface area contributed by atoms with Gasteiger partial charge in [0.25, 0.3) is 0 Å². The van der Waals surface area contributed by atoms with Gasteiger partial charge in [-0.05, 0) is 57.9 Å². The first-order valence-electron chi connectivity index (χ1n) is 7.54. The number of hydrogen-bond donors (Lipinski definition) is 1. The van der Waals surface area contributed by atoms with E-state index in [1.54, 1.807) is 6.92 Å². The predicted molar refractivity (Wildman–Crippen MR) is 83.5 cm³/mol. The molecule has 0 saturated heterocycles. The van der Waals surface area contributed by atoms with Crippen LogP contribution in [0.5, 0.6) is 0 Å². The summed E-state index contributed by atoms with van der Waals surface area (Å²) in [6.45, 7) is 10.2. The van der Waals surface area contributed by atoms with Crippen molar-refractivity contribution in [3.05, 3.63) is 23.8 Å². The summed E-state index contributed by atoms with van der Waals surface area (Å²) in [4.78, 5) is 11.2. The fourth-order valence-corrected chi connectivity index (χ4v) is 1.76. The molecule has 1 N–H and O–H groups in total. The van der Waals surface area contributed by atoms with Crippen LogP contribution in [-0.4, -0.2) is 23.3 Å². The van der Waals surface area contributed by atoms with E-state index in [0.717, 1.165) is 31.3 Å². The Balaban J connectivity index is 4.08. The highest BCUT2D eigenvalue weighted by Gasteiger charge is 2.17. The molecule has 3 heteroatoms. The van der Waals surface area contributed by atoms with E-state index in [-0.39, 0.29) is 5.97 Å². The van der Waals surface area contributed by atoms with Crippen molar-refractivity contribution in [2.75, 3.05) is 6.61 Å². The summed E-state index contributed by atoms with van der Waals surface area (Å²) in [7, 11) is 0. The predicted octanol–water partition coefficient (Wildman–Crippen LogP) is 4.02. The van der Waals surface area contributed by atoms with E-state index in [9.17, 15) is 9.90 Å². The minimum atomic E-state index is -0.544. The van der Waals surface area contributed by atoms with Gasteiger partial charge in [-0.1, -0.05) is 26.0 Å². The first kappa shape index (κ1) is 18.9. The zero-order chi connectivity index (χ0) is 15.6. The zero-order valence-electron chi connectivity index (χ0n) is 13.6. The highest BCUT2D eigenvalue weighted by molar-refractivity contribution is 5.83. The number of ether oxygens (including phenoxy) is 1. The van der Waals surface area contributed by atoms with E-state index in [4.69, 9.17) is 4.74 Å². The lowest BCUT2D eigenvalue weighted by Crippen LogP contribution is -2.23. The van der Waals surface area contributed by atoms with E-state index >= 15 is 0 Å². The maximum absolute atomic E-state index is 11.2. The van der Waals surface area contributed by atoms with Crippen molar-refractivity contribution in [1.29, 1.82) is 0 Å². The Bertz CT molecular complexity index is 340. The molecule has 0 aliphatic heterocycles. The molecule has 0 aliphatic carbocycles. The van der Waals surface area contributed by atoms with Gasteiger partial charge in [0, 0.05) is 6.08 Å². The minimum absolute atomic E-state index is 0.290. The molecule has 3 nitrogen and oxygen atoms in total. The van der Waals surface area contributed by atoms with E-state index < -0.39 is 5.60 Å². The molecule has 0 spiro atoms. The lowest BCUT2D eigenvalue weighted by Gasteiger charge is -2.22. The largest absolute Gasteiger partial charge is 0.463 e. The number of carbonyl (C=O) groups excluding carboxylic acids is 1. The summed E-state index contributed by atoms with van der Waals surface area (Å²) in [5.41, 5.74) is 0.355. The van der Waals surface area contributed by atoms with Gasteiger partial charge >= 0.3 is 5.97 Å². The Morgan fingerprint density at radius 3 is 2.60 bits per heavy atom. The summed E-state index contributed by atoms with van der Waals surface area (Å²) < 4.78 is 4.85. The molecule has 0 aliphatic rings. The van der Waals surface area contributed by atoms with Crippen LogP contribution in [0.1, 0.15) is 60.3 Å². The lowest BCUT2D eigenvalue weighted by molar-refractivity contribution is -0.137. The van der Waals surface area contributed by atoms with Crippen molar-refractivity contribution in [3.63, 3.8) is 0 Å². The summed E-state index contributed by atoms with van der Waals surface area (Å²) in [6, 6.07) is 0. The number of aliphatic hydroxyl groups is 1. The van der Waals surface area contributed by atoms with Crippen LogP contribution < -0.4 is 0 Å². The van der Waals surface area contributed by atoms with Crippen LogP contribution in [0.15, 0.2) is 23.8 Å². The fourth-order valence-electron chi connectivity index (χ4n) is 1.76. The van der Waals surface area contributed by atoms with Gasteiger partial charge in [-0.25, -0.2) is 4.79 Å². The van der Waals surface area contributed by atoms with Crippen molar-refractivity contribution in [2.24, 2.45) is 5.92 Å². The van der Waals surface area contributed by atoms with Crippen LogP contribution in [-0.2, 0) is 9.53 Å². The number of carbonyl (C=O) groups is 1. The third-order valence-corrected chi connectivity index (χ3v) is 3.49. The quantitative estimate of drug-likeness (QED) is 0.395. The normalized spacial score (nSPS) is 17.0. The SMILES string of the molecule is CCOC(=O)/C=C(C)/C=C/CC(C)CCC(C)(O)CC. The highest BCUT2D eigenvalue weighted by atomic mass is 16.5. The summed E-state index contributed by atoms with van der Waals surface area (Å²) in [5, 5.41) is 9.96. The fraction of sp³-hybridized carbons (Fsp3) is 0.706. The molecule has 0 heterocycles. The molecule has 2 atom stereocenters. The molecular formula is C17H30O3. The Kier molecular flexibility index (Phi) is 9.23. The molecule has 0 fully saturated rings. The van der Waals surface area contributed by atoms with Gasteiger partial charge in [0.1, 0.15) is 0 Å². The zero-order valence-corrected chi connectivity index (χ0v) is 13.6. The first-order valence-corrected chi connectivity index (χ1v) is 7.54. The van der Waals surface area contributed by atoms with Gasteiger partial charge in [-0.3, -0.25) is 0 Å². The van der Waals surface area contributed by atoms with Crippen LogP contribution in [0.2, 0.25) is 0 Å². The molecule has 0 aromatic heterocycles. The first-order chi connectivity index (χ1) is 9.30. The van der Waals surface area contributed by atoms with Crippen LogP contribution in [0.3, 0.4) is 0 Å². The maximum Gasteiger partial charge on any atom is 0.330 e. The molecule has 0 amide bonds. The van der Waals surface area contributed by atoms with Crippen molar-refractivity contribution in [1.82, 2.24) is 0 Å². The van der Waals surface area contributed by atoms with Gasteiger partial charge in [0.05, 0.1) is 12.2 Å². The topological polar surface area (TPSA) is 46.5 Å².